The lowest BCUT2D eigenvalue weighted by Gasteiger charge is -2.17. The fourth-order valence-electron chi connectivity index (χ4n) is 1.54. The number of hydrogen-bond donors (Lipinski definition) is 0. The zero-order chi connectivity index (χ0) is 17.1. The Kier molecular flexibility index (Phi) is 5.49. The van der Waals surface area contributed by atoms with E-state index >= 15 is 0 Å². The molecule has 0 amide bonds. The molecule has 4 nitrogen and oxygen atoms in total. The molecule has 0 atom stereocenters. The van der Waals surface area contributed by atoms with Crippen LogP contribution < -0.4 is 4.74 Å². The molecule has 124 valence electrons. The Morgan fingerprint density at radius 1 is 1.27 bits per heavy atom. The number of pyridine rings is 1. The van der Waals surface area contributed by atoms with Crippen LogP contribution in [0.1, 0.15) is 16.8 Å². The van der Waals surface area contributed by atoms with Crippen molar-refractivity contribution in [2.75, 3.05) is 7.11 Å². The minimum atomic E-state index is -5.24. The van der Waals surface area contributed by atoms with E-state index in [-0.39, 0.29) is 0 Å². The number of alkyl halides is 7. The second kappa shape index (κ2) is 6.59. The number of ether oxygens (including phenoxy) is 2. The summed E-state index contributed by atoms with van der Waals surface area (Å²) in [6.45, 7) is 0. The Hall–Kier alpha value is -1.71. The predicted molar refractivity (Wildman–Crippen MR) is 61.2 cm³/mol. The molecule has 0 aliphatic carbocycles. The van der Waals surface area contributed by atoms with Crippen molar-refractivity contribution in [3.8, 4) is 5.88 Å². The number of esters is 1. The molecule has 11 heteroatoms. The van der Waals surface area contributed by atoms with Gasteiger partial charge in [0.25, 0.3) is 0 Å². The van der Waals surface area contributed by atoms with Crippen LogP contribution in [-0.2, 0) is 28.0 Å². The third kappa shape index (κ3) is 4.93. The molecular weight excluding hydrogens is 344 g/mol. The highest BCUT2D eigenvalue weighted by Gasteiger charge is 2.39. The molecular formula is C11H8ClF6NO3. The third-order valence-corrected chi connectivity index (χ3v) is 2.65. The molecule has 0 aliphatic heterocycles. The summed E-state index contributed by atoms with van der Waals surface area (Å²) in [5.41, 5.74) is -2.68. The molecule has 1 aromatic heterocycles. The quantitative estimate of drug-likeness (QED) is 0.473. The van der Waals surface area contributed by atoms with Gasteiger partial charge in [-0.1, -0.05) is 0 Å². The molecule has 0 bridgehead atoms. The average molecular weight is 352 g/mol. The fraction of sp³-hybridized carbons (Fsp3) is 0.455. The Morgan fingerprint density at radius 3 is 2.27 bits per heavy atom. The van der Waals surface area contributed by atoms with Gasteiger partial charge in [-0.25, -0.2) is 4.98 Å². The van der Waals surface area contributed by atoms with Crippen LogP contribution in [0.3, 0.4) is 0 Å². The minimum absolute atomic E-state index is 0.413. The lowest BCUT2D eigenvalue weighted by Crippen LogP contribution is -2.21. The highest BCUT2D eigenvalue weighted by atomic mass is 35.5. The van der Waals surface area contributed by atoms with E-state index < -0.39 is 53.5 Å². The van der Waals surface area contributed by atoms with Crippen molar-refractivity contribution < 1.29 is 40.6 Å². The van der Waals surface area contributed by atoms with Gasteiger partial charge in [0.2, 0.25) is 5.88 Å². The van der Waals surface area contributed by atoms with Gasteiger partial charge in [0, 0.05) is 17.5 Å². The lowest BCUT2D eigenvalue weighted by atomic mass is 10.0. The number of rotatable bonds is 4. The molecule has 0 aromatic carbocycles. The van der Waals surface area contributed by atoms with Crippen LogP contribution >= 0.6 is 11.6 Å². The van der Waals surface area contributed by atoms with Crippen LogP contribution in [0.15, 0.2) is 6.07 Å². The summed E-state index contributed by atoms with van der Waals surface area (Å²) in [6.07, 6.45) is -11.0. The van der Waals surface area contributed by atoms with E-state index in [1.165, 1.54) is 0 Å². The van der Waals surface area contributed by atoms with Crippen molar-refractivity contribution in [2.24, 2.45) is 0 Å². The summed E-state index contributed by atoms with van der Waals surface area (Å²) >= 11 is 5.40. The van der Waals surface area contributed by atoms with Gasteiger partial charge in [-0.05, 0) is 5.56 Å². The van der Waals surface area contributed by atoms with Gasteiger partial charge in [0.1, 0.15) is 0 Å². The minimum Gasteiger partial charge on any atom is -0.469 e. The Bertz CT molecular complexity index is 558. The van der Waals surface area contributed by atoms with Crippen LogP contribution in [0, 0.1) is 0 Å². The highest BCUT2D eigenvalue weighted by Crippen LogP contribution is 2.36. The van der Waals surface area contributed by atoms with Gasteiger partial charge in [0.15, 0.2) is 5.69 Å². The summed E-state index contributed by atoms with van der Waals surface area (Å²) in [5.74, 6) is -3.00. The van der Waals surface area contributed by atoms with Crippen molar-refractivity contribution in [2.45, 2.75) is 24.8 Å². The largest absolute Gasteiger partial charge is 0.574 e. The van der Waals surface area contributed by atoms with Crippen molar-refractivity contribution in [3.63, 3.8) is 0 Å². The predicted octanol–water partition coefficient (Wildman–Crippen LogP) is 3.45. The van der Waals surface area contributed by atoms with Gasteiger partial charge in [-0.2, -0.15) is 13.2 Å². The monoisotopic (exact) mass is 351 g/mol. The first-order chi connectivity index (χ1) is 9.97. The number of hydrogen-bond acceptors (Lipinski definition) is 4. The molecule has 0 saturated carbocycles. The van der Waals surface area contributed by atoms with Crippen molar-refractivity contribution in [3.05, 3.63) is 22.9 Å². The first-order valence-electron chi connectivity index (χ1n) is 5.46. The molecule has 0 unspecified atom stereocenters. The van der Waals surface area contributed by atoms with Crippen LogP contribution in [-0.4, -0.2) is 24.4 Å². The molecule has 22 heavy (non-hydrogen) atoms. The Labute approximate surface area is 125 Å². The molecule has 0 saturated heterocycles. The van der Waals surface area contributed by atoms with E-state index in [2.05, 4.69) is 14.5 Å². The molecule has 0 spiro atoms. The molecule has 0 aliphatic rings. The van der Waals surface area contributed by atoms with Gasteiger partial charge in [-0.3, -0.25) is 4.79 Å². The normalized spacial score (nSPS) is 12.2. The molecule has 1 heterocycles. The van der Waals surface area contributed by atoms with E-state index in [1.807, 2.05) is 0 Å². The SMILES string of the molecule is COC(=O)Cc1cc(OC(F)(F)F)nc(C(F)(F)F)c1CCl. The molecule has 0 N–H and O–H groups in total. The Balaban J connectivity index is 3.44. The maximum Gasteiger partial charge on any atom is 0.574 e. The standard InChI is InChI=1S/C11H8ClF6NO3/c1-21-8(20)3-5-2-7(22-11(16,17)18)19-9(6(5)4-12)10(13,14)15/h2H,3-4H2,1H3. The maximum absolute atomic E-state index is 12.9. The summed E-state index contributed by atoms with van der Waals surface area (Å²) in [4.78, 5) is 14.0. The first-order valence-corrected chi connectivity index (χ1v) is 6.00. The fourth-order valence-corrected chi connectivity index (χ4v) is 1.84. The van der Waals surface area contributed by atoms with Crippen LogP contribution in [0.4, 0.5) is 26.3 Å². The molecule has 0 fully saturated rings. The smallest absolute Gasteiger partial charge is 0.469 e. The summed E-state index contributed by atoms with van der Waals surface area (Å²) < 4.78 is 82.7. The van der Waals surface area contributed by atoms with Crippen molar-refractivity contribution >= 4 is 17.6 Å². The zero-order valence-corrected chi connectivity index (χ0v) is 11.6. The average Bonchev–Trinajstić information content (AvgIpc) is 2.35. The first kappa shape index (κ1) is 18.3. The van der Waals surface area contributed by atoms with Gasteiger partial charge in [-0.15, -0.1) is 24.8 Å². The van der Waals surface area contributed by atoms with Crippen LogP contribution in [0.25, 0.3) is 0 Å². The van der Waals surface area contributed by atoms with Crippen LogP contribution in [0.2, 0.25) is 0 Å². The van der Waals surface area contributed by atoms with Gasteiger partial charge < -0.3 is 9.47 Å². The summed E-state index contributed by atoms with van der Waals surface area (Å²) in [5, 5.41) is 0. The van der Waals surface area contributed by atoms with Gasteiger partial charge in [0.05, 0.1) is 13.5 Å². The topological polar surface area (TPSA) is 48.4 Å². The number of carbonyl (C=O) groups excluding carboxylic acids is 1. The van der Waals surface area contributed by atoms with Crippen molar-refractivity contribution in [1.82, 2.24) is 4.98 Å². The number of halogens is 7. The van der Waals surface area contributed by atoms with E-state index in [4.69, 9.17) is 11.6 Å². The third-order valence-electron chi connectivity index (χ3n) is 2.38. The molecule has 0 radical (unpaired) electrons. The van der Waals surface area contributed by atoms with Gasteiger partial charge >= 0.3 is 18.5 Å². The van der Waals surface area contributed by atoms with E-state index in [0.29, 0.717) is 6.07 Å². The molecule has 1 rings (SSSR count). The number of aromatic nitrogens is 1. The van der Waals surface area contributed by atoms with E-state index in [9.17, 15) is 31.1 Å². The highest BCUT2D eigenvalue weighted by molar-refractivity contribution is 6.17. The Morgan fingerprint density at radius 2 is 1.86 bits per heavy atom. The second-order valence-electron chi connectivity index (χ2n) is 3.88. The number of carbonyl (C=O) groups is 1. The maximum atomic E-state index is 12.9. The zero-order valence-electron chi connectivity index (χ0n) is 10.8. The summed E-state index contributed by atoms with van der Waals surface area (Å²) in [6, 6.07) is 0.567. The second-order valence-corrected chi connectivity index (χ2v) is 4.15. The number of methoxy groups -OCH3 is 1. The van der Waals surface area contributed by atoms with E-state index in [1.54, 1.807) is 0 Å². The van der Waals surface area contributed by atoms with Crippen LogP contribution in [0.5, 0.6) is 5.88 Å². The molecule has 1 aromatic rings. The summed E-state index contributed by atoms with van der Waals surface area (Å²) in [7, 11) is 0.974. The lowest BCUT2D eigenvalue weighted by molar-refractivity contribution is -0.276. The van der Waals surface area contributed by atoms with E-state index in [0.717, 1.165) is 7.11 Å². The van der Waals surface area contributed by atoms with Crippen molar-refractivity contribution in [1.29, 1.82) is 0 Å². The number of nitrogens with zero attached hydrogens (tertiary/aromatic N) is 1.